The van der Waals surface area contributed by atoms with Crippen LogP contribution in [-0.2, 0) is 0 Å². The van der Waals surface area contributed by atoms with E-state index in [-0.39, 0.29) is 5.91 Å². The third-order valence-electron chi connectivity index (χ3n) is 4.17. The summed E-state index contributed by atoms with van der Waals surface area (Å²) in [5.74, 6) is 0.695. The van der Waals surface area contributed by atoms with Crippen molar-refractivity contribution in [3.63, 3.8) is 0 Å². The van der Waals surface area contributed by atoms with Crippen molar-refractivity contribution in [2.24, 2.45) is 5.92 Å². The molecule has 0 spiro atoms. The van der Waals surface area contributed by atoms with Gasteiger partial charge in [-0.1, -0.05) is 26.2 Å². The molecule has 1 aliphatic rings. The van der Waals surface area contributed by atoms with Gasteiger partial charge in [0.1, 0.15) is 5.69 Å². The maximum atomic E-state index is 12.4. The van der Waals surface area contributed by atoms with Gasteiger partial charge in [0.25, 0.3) is 5.91 Å². The Labute approximate surface area is 127 Å². The molecule has 1 amide bonds. The molecule has 1 aromatic rings. The van der Waals surface area contributed by atoms with Crippen LogP contribution in [0.5, 0.6) is 0 Å². The molecule has 1 aliphatic carbocycles. The van der Waals surface area contributed by atoms with E-state index in [1.54, 1.807) is 6.20 Å². The van der Waals surface area contributed by atoms with Crippen LogP contribution in [-0.4, -0.2) is 35.9 Å². The molecule has 1 N–H and O–H groups in total. The Morgan fingerprint density at radius 1 is 1.33 bits per heavy atom. The summed E-state index contributed by atoms with van der Waals surface area (Å²) < 4.78 is 0. The molecule has 1 saturated carbocycles. The number of anilines is 1. The quantitative estimate of drug-likeness (QED) is 0.871. The predicted molar refractivity (Wildman–Crippen MR) is 86.6 cm³/mol. The number of pyridine rings is 1. The summed E-state index contributed by atoms with van der Waals surface area (Å²) in [5.41, 5.74) is 1.51. The molecule has 0 unspecified atom stereocenters. The summed E-state index contributed by atoms with van der Waals surface area (Å²) in [5, 5.41) is 3.27. The van der Waals surface area contributed by atoms with Gasteiger partial charge < -0.3 is 10.2 Å². The van der Waals surface area contributed by atoms with Crippen LogP contribution in [0, 0.1) is 5.92 Å². The highest BCUT2D eigenvalue weighted by Crippen LogP contribution is 2.24. The zero-order chi connectivity index (χ0) is 15.1. The third-order valence-corrected chi connectivity index (χ3v) is 4.17. The first kappa shape index (κ1) is 15.8. The number of nitrogens with one attached hydrogen (secondary N) is 1. The molecular weight excluding hydrogens is 262 g/mol. The fourth-order valence-electron chi connectivity index (χ4n) is 2.93. The molecule has 2 rings (SSSR count). The molecule has 116 valence electrons. The molecule has 4 nitrogen and oxygen atoms in total. The van der Waals surface area contributed by atoms with Gasteiger partial charge in [-0.3, -0.25) is 4.79 Å². The van der Waals surface area contributed by atoms with E-state index in [1.165, 1.54) is 32.1 Å². The molecule has 0 aliphatic heterocycles. The lowest BCUT2D eigenvalue weighted by atomic mass is 9.89. The third kappa shape index (κ3) is 4.73. The van der Waals surface area contributed by atoms with Crippen LogP contribution in [0.4, 0.5) is 5.69 Å². The highest BCUT2D eigenvalue weighted by atomic mass is 16.2. The van der Waals surface area contributed by atoms with Crippen molar-refractivity contribution in [2.75, 3.05) is 25.5 Å². The Morgan fingerprint density at radius 3 is 2.71 bits per heavy atom. The minimum Gasteiger partial charge on any atom is -0.384 e. The van der Waals surface area contributed by atoms with Gasteiger partial charge in [-0.2, -0.15) is 0 Å². The number of hydrogen-bond acceptors (Lipinski definition) is 3. The van der Waals surface area contributed by atoms with Crippen molar-refractivity contribution < 1.29 is 4.79 Å². The number of hydrogen-bond donors (Lipinski definition) is 1. The average molecular weight is 289 g/mol. The predicted octanol–water partition coefficient (Wildman–Crippen LogP) is 3.56. The minimum absolute atomic E-state index is 0.0302. The van der Waals surface area contributed by atoms with E-state index in [2.05, 4.69) is 17.2 Å². The fourth-order valence-corrected chi connectivity index (χ4v) is 2.93. The molecule has 1 aromatic heterocycles. The first-order valence-electron chi connectivity index (χ1n) is 8.16. The fraction of sp³-hybridized carbons (Fsp3) is 0.647. The van der Waals surface area contributed by atoms with Gasteiger partial charge in [-0.25, -0.2) is 4.98 Å². The van der Waals surface area contributed by atoms with E-state index < -0.39 is 0 Å². The van der Waals surface area contributed by atoms with E-state index in [0.717, 1.165) is 25.2 Å². The van der Waals surface area contributed by atoms with Crippen molar-refractivity contribution in [3.8, 4) is 0 Å². The molecule has 1 heterocycles. The van der Waals surface area contributed by atoms with Gasteiger partial charge in [0.2, 0.25) is 0 Å². The van der Waals surface area contributed by atoms with Crippen molar-refractivity contribution in [3.05, 3.63) is 24.0 Å². The molecule has 4 heteroatoms. The first-order valence-corrected chi connectivity index (χ1v) is 8.16. The molecule has 21 heavy (non-hydrogen) atoms. The van der Waals surface area contributed by atoms with Crippen LogP contribution in [0.15, 0.2) is 18.3 Å². The lowest BCUT2D eigenvalue weighted by Gasteiger charge is -2.26. The van der Waals surface area contributed by atoms with Gasteiger partial charge in [0, 0.05) is 20.1 Å². The van der Waals surface area contributed by atoms with Crippen LogP contribution < -0.4 is 5.32 Å². The van der Waals surface area contributed by atoms with Crippen LogP contribution in [0.3, 0.4) is 0 Å². The van der Waals surface area contributed by atoms with Crippen LogP contribution in [0.2, 0.25) is 0 Å². The highest BCUT2D eigenvalue weighted by Gasteiger charge is 2.19. The summed E-state index contributed by atoms with van der Waals surface area (Å²) in [4.78, 5) is 18.5. The van der Waals surface area contributed by atoms with Crippen LogP contribution in [0.1, 0.15) is 55.9 Å². The first-order chi connectivity index (χ1) is 10.2. The number of carbonyl (C=O) groups is 1. The lowest BCUT2D eigenvalue weighted by Crippen LogP contribution is -2.33. The van der Waals surface area contributed by atoms with Crippen molar-refractivity contribution in [1.29, 1.82) is 0 Å². The number of aromatic nitrogens is 1. The van der Waals surface area contributed by atoms with Crippen LogP contribution >= 0.6 is 0 Å². The maximum absolute atomic E-state index is 12.4. The van der Waals surface area contributed by atoms with Gasteiger partial charge in [-0.15, -0.1) is 0 Å². The molecule has 0 bridgehead atoms. The van der Waals surface area contributed by atoms with E-state index in [0.29, 0.717) is 11.6 Å². The minimum atomic E-state index is 0.0302. The Morgan fingerprint density at radius 2 is 2.10 bits per heavy atom. The number of amides is 1. The standard InChI is InChI=1S/C17H27N3O/c1-3-11-18-15-9-10-16(19-12-15)17(21)20(2)13-14-7-5-4-6-8-14/h9-10,12,14,18H,3-8,11,13H2,1-2H3. The zero-order valence-corrected chi connectivity index (χ0v) is 13.3. The van der Waals surface area contributed by atoms with Gasteiger partial charge in [-0.05, 0) is 37.3 Å². The number of rotatable bonds is 6. The second-order valence-corrected chi connectivity index (χ2v) is 6.05. The summed E-state index contributed by atoms with van der Waals surface area (Å²) in [6.45, 7) is 3.91. The normalized spacial score (nSPS) is 15.7. The Kier molecular flexibility index (Phi) is 6.03. The average Bonchev–Trinajstić information content (AvgIpc) is 2.53. The maximum Gasteiger partial charge on any atom is 0.272 e. The molecule has 0 saturated heterocycles. The van der Waals surface area contributed by atoms with E-state index >= 15 is 0 Å². The molecule has 0 aromatic carbocycles. The van der Waals surface area contributed by atoms with Crippen molar-refractivity contribution in [1.82, 2.24) is 9.88 Å². The second kappa shape index (κ2) is 8.01. The van der Waals surface area contributed by atoms with Crippen LogP contribution in [0.25, 0.3) is 0 Å². The van der Waals surface area contributed by atoms with E-state index in [9.17, 15) is 4.79 Å². The Bertz CT molecular complexity index is 438. The van der Waals surface area contributed by atoms with Crippen molar-refractivity contribution in [2.45, 2.75) is 45.4 Å². The van der Waals surface area contributed by atoms with Gasteiger partial charge in [0.15, 0.2) is 0 Å². The second-order valence-electron chi connectivity index (χ2n) is 6.05. The summed E-state index contributed by atoms with van der Waals surface area (Å²) in [6, 6.07) is 3.75. The lowest BCUT2D eigenvalue weighted by molar-refractivity contribution is 0.0755. The van der Waals surface area contributed by atoms with E-state index in [4.69, 9.17) is 0 Å². The van der Waals surface area contributed by atoms with Crippen molar-refractivity contribution >= 4 is 11.6 Å². The smallest absolute Gasteiger partial charge is 0.272 e. The summed E-state index contributed by atoms with van der Waals surface area (Å²) >= 11 is 0. The number of carbonyl (C=O) groups excluding carboxylic acids is 1. The molecule has 0 radical (unpaired) electrons. The van der Waals surface area contributed by atoms with E-state index in [1.807, 2.05) is 24.1 Å². The van der Waals surface area contributed by atoms with Gasteiger partial charge >= 0.3 is 0 Å². The molecule has 0 atom stereocenters. The zero-order valence-electron chi connectivity index (χ0n) is 13.3. The highest BCUT2D eigenvalue weighted by molar-refractivity contribution is 5.92. The van der Waals surface area contributed by atoms with Gasteiger partial charge in [0.05, 0.1) is 11.9 Å². The molecular formula is C17H27N3O. The summed E-state index contributed by atoms with van der Waals surface area (Å²) in [7, 11) is 1.89. The SMILES string of the molecule is CCCNc1ccc(C(=O)N(C)CC2CCCCC2)nc1. The topological polar surface area (TPSA) is 45.2 Å². The number of nitrogens with zero attached hydrogens (tertiary/aromatic N) is 2. The summed E-state index contributed by atoms with van der Waals surface area (Å²) in [6.07, 6.45) is 9.30. The monoisotopic (exact) mass is 289 g/mol. The molecule has 1 fully saturated rings. The Hall–Kier alpha value is -1.58. The Balaban J connectivity index is 1.88. The largest absolute Gasteiger partial charge is 0.384 e.